The quantitative estimate of drug-likeness (QED) is 0.823. The molecule has 1 aromatic carbocycles. The van der Waals surface area contributed by atoms with Crippen LogP contribution in [0.25, 0.3) is 0 Å². The van der Waals surface area contributed by atoms with Crippen molar-refractivity contribution in [1.29, 1.82) is 5.26 Å². The molecule has 1 amide bonds. The van der Waals surface area contributed by atoms with E-state index >= 15 is 0 Å². The van der Waals surface area contributed by atoms with Crippen molar-refractivity contribution in [1.82, 2.24) is 0 Å². The first kappa shape index (κ1) is 14.7. The van der Waals surface area contributed by atoms with Gasteiger partial charge in [0, 0.05) is 12.1 Å². The maximum absolute atomic E-state index is 11.8. The number of nitriles is 1. The van der Waals surface area contributed by atoms with E-state index in [-0.39, 0.29) is 0 Å². The molecule has 1 aromatic rings. The molecule has 0 aromatic heterocycles. The standard InChI is InChI=1S/C14H16N2O3/c1-3-5-13(17)19-10(2)14(18)16-12-7-4-6-11(8-12)9-15/h4,6-8,10H,3,5H2,1-2H3,(H,16,18)/t10-/m0/s1. The smallest absolute Gasteiger partial charge is 0.306 e. The molecule has 0 heterocycles. The Bertz CT molecular complexity index is 506. The Morgan fingerprint density at radius 3 is 2.84 bits per heavy atom. The van der Waals surface area contributed by atoms with E-state index in [0.29, 0.717) is 24.1 Å². The van der Waals surface area contributed by atoms with Crippen LogP contribution in [-0.4, -0.2) is 18.0 Å². The molecular weight excluding hydrogens is 244 g/mol. The minimum Gasteiger partial charge on any atom is -0.453 e. The molecule has 0 radical (unpaired) electrons. The van der Waals surface area contributed by atoms with Crippen molar-refractivity contribution in [3.63, 3.8) is 0 Å². The van der Waals surface area contributed by atoms with E-state index in [1.807, 2.05) is 13.0 Å². The SMILES string of the molecule is CCCC(=O)O[C@@H](C)C(=O)Nc1cccc(C#N)c1. The number of ether oxygens (including phenoxy) is 1. The second kappa shape index (κ2) is 7.17. The van der Waals surface area contributed by atoms with E-state index in [1.165, 1.54) is 6.92 Å². The number of carbonyl (C=O) groups excluding carboxylic acids is 2. The largest absolute Gasteiger partial charge is 0.453 e. The number of hydrogen-bond acceptors (Lipinski definition) is 4. The van der Waals surface area contributed by atoms with E-state index < -0.39 is 18.0 Å². The lowest BCUT2D eigenvalue weighted by Crippen LogP contribution is -2.29. The average Bonchev–Trinajstić information content (AvgIpc) is 2.39. The van der Waals surface area contributed by atoms with Gasteiger partial charge in [0.25, 0.3) is 5.91 Å². The number of hydrogen-bond donors (Lipinski definition) is 1. The fourth-order valence-electron chi connectivity index (χ4n) is 1.42. The summed E-state index contributed by atoms with van der Waals surface area (Å²) in [4.78, 5) is 23.0. The first-order chi connectivity index (χ1) is 9.06. The molecule has 0 aliphatic heterocycles. The third kappa shape index (κ3) is 4.80. The van der Waals surface area contributed by atoms with Crippen molar-refractivity contribution in [2.75, 3.05) is 5.32 Å². The second-order valence-corrected chi connectivity index (χ2v) is 4.06. The van der Waals surface area contributed by atoms with Crippen LogP contribution in [0.4, 0.5) is 5.69 Å². The maximum atomic E-state index is 11.8. The van der Waals surface area contributed by atoms with Crippen LogP contribution in [0.2, 0.25) is 0 Å². The summed E-state index contributed by atoms with van der Waals surface area (Å²) in [6, 6.07) is 8.51. The van der Waals surface area contributed by atoms with Gasteiger partial charge >= 0.3 is 5.97 Å². The lowest BCUT2D eigenvalue weighted by Gasteiger charge is -2.13. The van der Waals surface area contributed by atoms with Crippen molar-refractivity contribution in [2.24, 2.45) is 0 Å². The van der Waals surface area contributed by atoms with E-state index in [0.717, 1.165) is 0 Å². The number of nitrogens with one attached hydrogen (secondary N) is 1. The Kier molecular flexibility index (Phi) is 5.55. The van der Waals surface area contributed by atoms with Gasteiger partial charge in [-0.2, -0.15) is 5.26 Å². The number of carbonyl (C=O) groups is 2. The van der Waals surface area contributed by atoms with Gasteiger partial charge in [0.2, 0.25) is 0 Å². The van der Waals surface area contributed by atoms with Gasteiger partial charge in [0.15, 0.2) is 6.10 Å². The van der Waals surface area contributed by atoms with E-state index in [9.17, 15) is 9.59 Å². The van der Waals surface area contributed by atoms with Gasteiger partial charge in [-0.05, 0) is 31.5 Å². The first-order valence-corrected chi connectivity index (χ1v) is 6.07. The molecule has 0 aliphatic carbocycles. The third-order valence-corrected chi connectivity index (χ3v) is 2.39. The van der Waals surface area contributed by atoms with Crippen molar-refractivity contribution in [2.45, 2.75) is 32.8 Å². The fraction of sp³-hybridized carbons (Fsp3) is 0.357. The zero-order chi connectivity index (χ0) is 14.3. The Hall–Kier alpha value is -2.35. The highest BCUT2D eigenvalue weighted by Crippen LogP contribution is 2.10. The van der Waals surface area contributed by atoms with Gasteiger partial charge < -0.3 is 10.1 Å². The lowest BCUT2D eigenvalue weighted by molar-refractivity contribution is -0.153. The number of anilines is 1. The normalized spacial score (nSPS) is 11.2. The van der Waals surface area contributed by atoms with Crippen LogP contribution in [-0.2, 0) is 14.3 Å². The Labute approximate surface area is 112 Å². The van der Waals surface area contributed by atoms with Gasteiger partial charge in [-0.1, -0.05) is 13.0 Å². The lowest BCUT2D eigenvalue weighted by atomic mass is 10.2. The number of benzene rings is 1. The molecule has 0 fully saturated rings. The van der Waals surface area contributed by atoms with E-state index in [1.54, 1.807) is 24.3 Å². The topological polar surface area (TPSA) is 79.2 Å². The predicted octanol–water partition coefficient (Wildman–Crippen LogP) is 2.23. The number of esters is 1. The molecule has 5 heteroatoms. The number of nitrogens with zero attached hydrogens (tertiary/aromatic N) is 1. The molecule has 1 atom stereocenters. The van der Waals surface area contributed by atoms with Gasteiger partial charge in [0.1, 0.15) is 0 Å². The highest BCUT2D eigenvalue weighted by atomic mass is 16.5. The third-order valence-electron chi connectivity index (χ3n) is 2.39. The molecule has 1 N–H and O–H groups in total. The maximum Gasteiger partial charge on any atom is 0.306 e. The molecule has 0 saturated heterocycles. The average molecular weight is 260 g/mol. The van der Waals surface area contributed by atoms with Crippen molar-refractivity contribution < 1.29 is 14.3 Å². The fourth-order valence-corrected chi connectivity index (χ4v) is 1.42. The molecule has 0 aliphatic rings. The summed E-state index contributed by atoms with van der Waals surface area (Å²) in [6.07, 6.45) is 0.114. The first-order valence-electron chi connectivity index (χ1n) is 6.07. The highest BCUT2D eigenvalue weighted by Gasteiger charge is 2.17. The predicted molar refractivity (Wildman–Crippen MR) is 70.2 cm³/mol. The van der Waals surface area contributed by atoms with E-state index in [4.69, 9.17) is 10.00 Å². The van der Waals surface area contributed by atoms with Crippen LogP contribution in [0.15, 0.2) is 24.3 Å². The number of amides is 1. The van der Waals surface area contributed by atoms with Crippen molar-refractivity contribution in [3.05, 3.63) is 29.8 Å². The molecule has 0 saturated carbocycles. The van der Waals surface area contributed by atoms with Crippen LogP contribution < -0.4 is 5.32 Å². The van der Waals surface area contributed by atoms with Crippen LogP contribution in [0, 0.1) is 11.3 Å². The van der Waals surface area contributed by atoms with Crippen LogP contribution >= 0.6 is 0 Å². The minimum absolute atomic E-state index is 0.293. The molecule has 19 heavy (non-hydrogen) atoms. The van der Waals surface area contributed by atoms with Gasteiger partial charge in [-0.3, -0.25) is 9.59 Å². The summed E-state index contributed by atoms with van der Waals surface area (Å²) < 4.78 is 4.97. The molecule has 0 spiro atoms. The molecule has 100 valence electrons. The Morgan fingerprint density at radius 1 is 1.47 bits per heavy atom. The Balaban J connectivity index is 2.59. The molecule has 5 nitrogen and oxygen atoms in total. The minimum atomic E-state index is -0.857. The summed E-state index contributed by atoms with van der Waals surface area (Å²) >= 11 is 0. The Morgan fingerprint density at radius 2 is 2.21 bits per heavy atom. The van der Waals surface area contributed by atoms with Gasteiger partial charge in [0.05, 0.1) is 11.6 Å². The summed E-state index contributed by atoms with van der Waals surface area (Å²) in [5.74, 6) is -0.810. The summed E-state index contributed by atoms with van der Waals surface area (Å²) in [5, 5.41) is 11.3. The van der Waals surface area contributed by atoms with Crippen LogP contribution in [0.1, 0.15) is 32.3 Å². The summed E-state index contributed by atoms with van der Waals surface area (Å²) in [5.41, 5.74) is 0.955. The molecule has 1 rings (SSSR count). The highest BCUT2D eigenvalue weighted by molar-refractivity contribution is 5.95. The zero-order valence-electron chi connectivity index (χ0n) is 11.0. The summed E-state index contributed by atoms with van der Waals surface area (Å²) in [6.45, 7) is 3.37. The molecular formula is C14H16N2O3. The number of rotatable bonds is 5. The van der Waals surface area contributed by atoms with Crippen LogP contribution in [0.5, 0.6) is 0 Å². The van der Waals surface area contributed by atoms with E-state index in [2.05, 4.69) is 5.32 Å². The van der Waals surface area contributed by atoms with Gasteiger partial charge in [-0.15, -0.1) is 0 Å². The second-order valence-electron chi connectivity index (χ2n) is 4.06. The van der Waals surface area contributed by atoms with Crippen LogP contribution in [0.3, 0.4) is 0 Å². The molecule has 0 unspecified atom stereocenters. The van der Waals surface area contributed by atoms with Crippen molar-refractivity contribution >= 4 is 17.6 Å². The zero-order valence-corrected chi connectivity index (χ0v) is 11.0. The van der Waals surface area contributed by atoms with Gasteiger partial charge in [-0.25, -0.2) is 0 Å². The monoisotopic (exact) mass is 260 g/mol. The van der Waals surface area contributed by atoms with Crippen molar-refractivity contribution in [3.8, 4) is 6.07 Å². The molecule has 0 bridgehead atoms. The summed E-state index contributed by atoms with van der Waals surface area (Å²) in [7, 11) is 0.